The lowest BCUT2D eigenvalue weighted by Gasteiger charge is -2.29. The van der Waals surface area contributed by atoms with Crippen LogP contribution in [0.1, 0.15) is 0 Å². The SMILES string of the molecule is CN(CC1CNCCO1)c1ccc2ccccc2c1. The van der Waals surface area contributed by atoms with Crippen molar-refractivity contribution in [3.8, 4) is 0 Å². The van der Waals surface area contributed by atoms with Crippen LogP contribution in [0.3, 0.4) is 0 Å². The van der Waals surface area contributed by atoms with Gasteiger partial charge in [0.25, 0.3) is 0 Å². The van der Waals surface area contributed by atoms with Crippen molar-refractivity contribution in [2.45, 2.75) is 6.10 Å². The molecule has 0 aromatic heterocycles. The summed E-state index contributed by atoms with van der Waals surface area (Å²) in [6.07, 6.45) is 0.283. The largest absolute Gasteiger partial charge is 0.374 e. The van der Waals surface area contributed by atoms with E-state index in [9.17, 15) is 0 Å². The summed E-state index contributed by atoms with van der Waals surface area (Å²) in [5, 5.41) is 5.94. The van der Waals surface area contributed by atoms with Crippen LogP contribution in [0.25, 0.3) is 10.8 Å². The smallest absolute Gasteiger partial charge is 0.0874 e. The Kier molecular flexibility index (Phi) is 3.67. The molecular weight excluding hydrogens is 236 g/mol. The molecule has 2 aromatic rings. The van der Waals surface area contributed by atoms with Crippen molar-refractivity contribution in [3.05, 3.63) is 42.5 Å². The second-order valence-electron chi connectivity index (χ2n) is 5.11. The Labute approximate surface area is 114 Å². The lowest BCUT2D eigenvalue weighted by Crippen LogP contribution is -2.44. The second kappa shape index (κ2) is 5.59. The van der Waals surface area contributed by atoms with Crippen molar-refractivity contribution in [2.24, 2.45) is 0 Å². The van der Waals surface area contributed by atoms with E-state index in [2.05, 4.69) is 59.7 Å². The fourth-order valence-corrected chi connectivity index (χ4v) is 2.56. The molecule has 100 valence electrons. The van der Waals surface area contributed by atoms with Crippen LogP contribution >= 0.6 is 0 Å². The van der Waals surface area contributed by atoms with Gasteiger partial charge in [0.2, 0.25) is 0 Å². The molecule has 0 amide bonds. The van der Waals surface area contributed by atoms with Gasteiger partial charge < -0.3 is 15.0 Å². The zero-order valence-electron chi connectivity index (χ0n) is 11.3. The van der Waals surface area contributed by atoms with Crippen LogP contribution in [-0.4, -0.2) is 39.4 Å². The number of hydrogen-bond donors (Lipinski definition) is 1. The summed E-state index contributed by atoms with van der Waals surface area (Å²) in [6, 6.07) is 15.1. The molecule has 3 rings (SSSR count). The van der Waals surface area contributed by atoms with Crippen LogP contribution < -0.4 is 10.2 Å². The molecule has 1 atom stereocenters. The van der Waals surface area contributed by atoms with Gasteiger partial charge in [-0.3, -0.25) is 0 Å². The molecular formula is C16H20N2O. The average molecular weight is 256 g/mol. The summed E-state index contributed by atoms with van der Waals surface area (Å²) in [5.41, 5.74) is 1.24. The molecule has 1 aliphatic rings. The number of benzene rings is 2. The molecule has 0 bridgehead atoms. The predicted octanol–water partition coefficient (Wildman–Crippen LogP) is 2.26. The monoisotopic (exact) mass is 256 g/mol. The summed E-state index contributed by atoms with van der Waals surface area (Å²) in [5.74, 6) is 0. The Bertz CT molecular complexity index is 549. The van der Waals surface area contributed by atoms with Crippen molar-refractivity contribution >= 4 is 16.5 Å². The van der Waals surface area contributed by atoms with Crippen LogP contribution in [-0.2, 0) is 4.74 Å². The van der Waals surface area contributed by atoms with Crippen LogP contribution in [0, 0.1) is 0 Å². The van der Waals surface area contributed by atoms with E-state index in [4.69, 9.17) is 4.74 Å². The van der Waals surface area contributed by atoms with E-state index in [0.717, 1.165) is 26.2 Å². The highest BCUT2D eigenvalue weighted by molar-refractivity contribution is 5.85. The van der Waals surface area contributed by atoms with Crippen LogP contribution in [0.15, 0.2) is 42.5 Å². The van der Waals surface area contributed by atoms with Crippen molar-refractivity contribution in [1.82, 2.24) is 5.32 Å². The molecule has 0 saturated carbocycles. The first-order valence-corrected chi connectivity index (χ1v) is 6.85. The van der Waals surface area contributed by atoms with Crippen LogP contribution in [0.4, 0.5) is 5.69 Å². The number of anilines is 1. The minimum absolute atomic E-state index is 0.283. The van der Waals surface area contributed by atoms with Gasteiger partial charge in [-0.25, -0.2) is 0 Å². The van der Waals surface area contributed by atoms with Gasteiger partial charge in [-0.05, 0) is 22.9 Å². The van der Waals surface area contributed by atoms with Gasteiger partial charge in [-0.2, -0.15) is 0 Å². The van der Waals surface area contributed by atoms with Crippen LogP contribution in [0.5, 0.6) is 0 Å². The Hall–Kier alpha value is -1.58. The van der Waals surface area contributed by atoms with Crippen molar-refractivity contribution < 1.29 is 4.74 Å². The molecule has 0 radical (unpaired) electrons. The highest BCUT2D eigenvalue weighted by Gasteiger charge is 2.15. The first kappa shape index (κ1) is 12.5. The standard InChI is InChI=1S/C16H20N2O/c1-18(12-16-11-17-8-9-19-16)15-7-6-13-4-2-3-5-14(13)10-15/h2-7,10,16-17H,8-9,11-12H2,1H3. The number of fused-ring (bicyclic) bond motifs is 1. The lowest BCUT2D eigenvalue weighted by atomic mass is 10.1. The molecule has 1 fully saturated rings. The third kappa shape index (κ3) is 2.88. The highest BCUT2D eigenvalue weighted by atomic mass is 16.5. The van der Waals surface area contributed by atoms with Gasteiger partial charge in [0.05, 0.1) is 12.7 Å². The van der Waals surface area contributed by atoms with Gasteiger partial charge in [-0.15, -0.1) is 0 Å². The number of likely N-dealkylation sites (N-methyl/N-ethyl adjacent to an activating group) is 1. The summed E-state index contributed by atoms with van der Waals surface area (Å²) < 4.78 is 5.75. The maximum Gasteiger partial charge on any atom is 0.0874 e. The van der Waals surface area contributed by atoms with Gasteiger partial charge >= 0.3 is 0 Å². The Morgan fingerprint density at radius 2 is 2.05 bits per heavy atom. The normalized spacial score (nSPS) is 19.5. The quantitative estimate of drug-likeness (QED) is 0.911. The number of nitrogens with one attached hydrogen (secondary N) is 1. The Balaban J connectivity index is 1.75. The van der Waals surface area contributed by atoms with E-state index in [1.54, 1.807) is 0 Å². The second-order valence-corrected chi connectivity index (χ2v) is 5.11. The van der Waals surface area contributed by atoms with E-state index >= 15 is 0 Å². The van der Waals surface area contributed by atoms with Gasteiger partial charge in [0, 0.05) is 32.4 Å². The maximum atomic E-state index is 5.75. The molecule has 19 heavy (non-hydrogen) atoms. The fourth-order valence-electron chi connectivity index (χ4n) is 2.56. The number of hydrogen-bond acceptors (Lipinski definition) is 3. The average Bonchev–Trinajstić information content (AvgIpc) is 2.48. The topological polar surface area (TPSA) is 24.5 Å². The van der Waals surface area contributed by atoms with Gasteiger partial charge in [0.15, 0.2) is 0 Å². The van der Waals surface area contributed by atoms with Crippen molar-refractivity contribution in [2.75, 3.05) is 38.2 Å². The molecule has 0 aliphatic carbocycles. The van der Waals surface area contributed by atoms with Crippen molar-refractivity contribution in [1.29, 1.82) is 0 Å². The number of ether oxygens (including phenoxy) is 1. The number of nitrogens with zero attached hydrogens (tertiary/aromatic N) is 1. The molecule has 3 heteroatoms. The van der Waals surface area contributed by atoms with E-state index in [-0.39, 0.29) is 6.10 Å². The minimum Gasteiger partial charge on any atom is -0.374 e. The Morgan fingerprint density at radius 1 is 1.21 bits per heavy atom. The maximum absolute atomic E-state index is 5.75. The third-order valence-electron chi connectivity index (χ3n) is 3.66. The highest BCUT2D eigenvalue weighted by Crippen LogP contribution is 2.21. The first-order chi connectivity index (χ1) is 9.33. The molecule has 1 unspecified atom stereocenters. The molecule has 1 heterocycles. The van der Waals surface area contributed by atoms with Gasteiger partial charge in [-0.1, -0.05) is 30.3 Å². The zero-order valence-corrected chi connectivity index (χ0v) is 11.3. The third-order valence-corrected chi connectivity index (χ3v) is 3.66. The van der Waals surface area contributed by atoms with E-state index in [1.807, 2.05) is 0 Å². The van der Waals surface area contributed by atoms with E-state index < -0.39 is 0 Å². The molecule has 2 aromatic carbocycles. The van der Waals surface area contributed by atoms with Gasteiger partial charge in [0.1, 0.15) is 0 Å². The van der Waals surface area contributed by atoms with Crippen LogP contribution in [0.2, 0.25) is 0 Å². The Morgan fingerprint density at radius 3 is 2.84 bits per heavy atom. The number of morpholine rings is 1. The predicted molar refractivity (Wildman–Crippen MR) is 79.8 cm³/mol. The number of rotatable bonds is 3. The van der Waals surface area contributed by atoms with Crippen molar-refractivity contribution in [3.63, 3.8) is 0 Å². The van der Waals surface area contributed by atoms with E-state index in [1.165, 1.54) is 16.5 Å². The van der Waals surface area contributed by atoms with E-state index in [0.29, 0.717) is 0 Å². The zero-order chi connectivity index (χ0) is 13.1. The lowest BCUT2D eigenvalue weighted by molar-refractivity contribution is 0.0340. The molecule has 1 saturated heterocycles. The molecule has 1 N–H and O–H groups in total. The minimum atomic E-state index is 0.283. The molecule has 3 nitrogen and oxygen atoms in total. The summed E-state index contributed by atoms with van der Waals surface area (Å²) >= 11 is 0. The first-order valence-electron chi connectivity index (χ1n) is 6.85. The summed E-state index contributed by atoms with van der Waals surface area (Å²) in [6.45, 7) is 3.65. The summed E-state index contributed by atoms with van der Waals surface area (Å²) in [7, 11) is 2.13. The summed E-state index contributed by atoms with van der Waals surface area (Å²) in [4.78, 5) is 2.27. The molecule has 1 aliphatic heterocycles. The molecule has 0 spiro atoms. The fraction of sp³-hybridized carbons (Fsp3) is 0.375.